The summed E-state index contributed by atoms with van der Waals surface area (Å²) in [5, 5.41) is 5.64. The van der Waals surface area contributed by atoms with Crippen LogP contribution in [0.1, 0.15) is 22.8 Å². The number of allylic oxidation sites excluding steroid dienone is 1. The molecule has 0 spiro atoms. The molecule has 1 atom stereocenters. The van der Waals surface area contributed by atoms with Crippen LogP contribution in [0, 0.1) is 0 Å². The lowest BCUT2D eigenvalue weighted by molar-refractivity contribution is 0.947. The number of thioether (sulfide) groups is 1. The van der Waals surface area contributed by atoms with E-state index >= 15 is 0 Å². The van der Waals surface area contributed by atoms with Gasteiger partial charge in [0, 0.05) is 10.1 Å². The monoisotopic (exact) mass is 564 g/mol. The Bertz CT molecular complexity index is 2180. The predicted octanol–water partition coefficient (Wildman–Crippen LogP) is 12.2. The van der Waals surface area contributed by atoms with Crippen LogP contribution in [0.5, 0.6) is 0 Å². The van der Waals surface area contributed by atoms with Gasteiger partial charge in [0.25, 0.3) is 0 Å². The predicted molar refractivity (Wildman–Crippen MR) is 185 cm³/mol. The van der Waals surface area contributed by atoms with Crippen LogP contribution >= 0.6 is 11.8 Å². The van der Waals surface area contributed by atoms with Gasteiger partial charge in [-0.25, -0.2) is 0 Å². The van der Waals surface area contributed by atoms with E-state index in [-0.39, 0.29) is 0 Å². The third kappa shape index (κ3) is 3.85. The summed E-state index contributed by atoms with van der Waals surface area (Å²) >= 11 is 2.02. The zero-order valence-electron chi connectivity index (χ0n) is 23.6. The van der Waals surface area contributed by atoms with Crippen molar-refractivity contribution in [3.05, 3.63) is 157 Å². The van der Waals surface area contributed by atoms with Crippen molar-refractivity contribution < 1.29 is 0 Å². The molecule has 1 aliphatic carbocycles. The fourth-order valence-electron chi connectivity index (χ4n) is 7.32. The Balaban J connectivity index is 1.31. The summed E-state index contributed by atoms with van der Waals surface area (Å²) < 4.78 is 0. The van der Waals surface area contributed by atoms with Gasteiger partial charge in [-0.3, -0.25) is 0 Å². The maximum Gasteiger partial charge on any atom is 0.0391 e. The van der Waals surface area contributed by atoms with Crippen molar-refractivity contribution in [2.75, 3.05) is 0 Å². The fourth-order valence-corrected chi connectivity index (χ4v) is 8.65. The molecule has 43 heavy (non-hydrogen) atoms. The van der Waals surface area contributed by atoms with Crippen LogP contribution in [-0.4, -0.2) is 0 Å². The Kier molecular flexibility index (Phi) is 5.67. The van der Waals surface area contributed by atoms with E-state index in [1.165, 1.54) is 82.1 Å². The summed E-state index contributed by atoms with van der Waals surface area (Å²) in [6.07, 6.45) is 5.73. The van der Waals surface area contributed by atoms with Gasteiger partial charge in [-0.15, -0.1) is 11.8 Å². The number of hydrogen-bond donors (Lipinski definition) is 0. The standard InChI is InChI=1S/C42H28S/c1-2-12-27(13-3-1)40-32-18-6-8-20-34(32)42(35-21-9-7-19-33(35)40)31-17-5-4-16-30(31)29-24-25-38-37(26-29)36-22-10-14-28-15-11-23-39(43-38)41(28)36/h1-22,24-26,39H,23H2. The van der Waals surface area contributed by atoms with E-state index < -0.39 is 0 Å². The topological polar surface area (TPSA) is 0 Å². The van der Waals surface area contributed by atoms with Crippen LogP contribution in [-0.2, 0) is 0 Å². The quantitative estimate of drug-likeness (QED) is 0.192. The van der Waals surface area contributed by atoms with Crippen molar-refractivity contribution in [2.45, 2.75) is 16.6 Å². The normalized spacial score (nSPS) is 14.9. The number of fused-ring (bicyclic) bond motifs is 4. The van der Waals surface area contributed by atoms with Crippen LogP contribution in [0.3, 0.4) is 0 Å². The van der Waals surface area contributed by atoms with Gasteiger partial charge in [0.05, 0.1) is 0 Å². The van der Waals surface area contributed by atoms with E-state index in [0.717, 1.165) is 6.42 Å². The number of hydrogen-bond acceptors (Lipinski definition) is 1. The molecule has 0 N–H and O–H groups in total. The second-order valence-corrected chi connectivity index (χ2v) is 12.8. The highest BCUT2D eigenvalue weighted by atomic mass is 32.2. The molecule has 0 saturated heterocycles. The summed E-state index contributed by atoms with van der Waals surface area (Å²) in [5.74, 6) is 0. The second kappa shape index (κ2) is 9.87. The Morgan fingerprint density at radius 3 is 1.84 bits per heavy atom. The van der Waals surface area contributed by atoms with Crippen molar-refractivity contribution in [3.8, 4) is 44.5 Å². The minimum atomic E-state index is 0.502. The SMILES string of the molecule is C1=Cc2cccc3c2C(C1)Sc1ccc(-c2ccccc2-c2c4ccccc4c(-c4ccccc4)c4ccccc24)cc1-3. The van der Waals surface area contributed by atoms with Gasteiger partial charge >= 0.3 is 0 Å². The molecule has 202 valence electrons. The summed E-state index contributed by atoms with van der Waals surface area (Å²) in [4.78, 5) is 1.38. The molecule has 0 radical (unpaired) electrons. The summed E-state index contributed by atoms with van der Waals surface area (Å²) in [6.45, 7) is 0. The summed E-state index contributed by atoms with van der Waals surface area (Å²) in [6, 6.07) is 51.6. The lowest BCUT2D eigenvalue weighted by atomic mass is 9.83. The molecule has 0 bridgehead atoms. The lowest BCUT2D eigenvalue weighted by Gasteiger charge is -2.31. The van der Waals surface area contributed by atoms with Gasteiger partial charge in [0.1, 0.15) is 0 Å². The summed E-state index contributed by atoms with van der Waals surface area (Å²) in [7, 11) is 0. The zero-order chi connectivity index (χ0) is 28.3. The molecular weight excluding hydrogens is 537 g/mol. The van der Waals surface area contributed by atoms with Crippen molar-refractivity contribution in [1.29, 1.82) is 0 Å². The first-order valence-corrected chi connectivity index (χ1v) is 15.9. The largest absolute Gasteiger partial charge is 0.117 e. The third-order valence-corrected chi connectivity index (χ3v) is 10.5. The van der Waals surface area contributed by atoms with E-state index in [1.807, 2.05) is 11.8 Å². The molecule has 9 rings (SSSR count). The Hall–Kier alpha value is -4.85. The average molecular weight is 565 g/mol. The molecule has 1 aliphatic heterocycles. The highest BCUT2D eigenvalue weighted by Gasteiger charge is 2.29. The molecule has 1 unspecified atom stereocenters. The molecule has 0 amide bonds. The second-order valence-electron chi connectivity index (χ2n) is 11.5. The maximum atomic E-state index is 2.44. The third-order valence-electron chi connectivity index (χ3n) is 9.15. The van der Waals surface area contributed by atoms with E-state index in [4.69, 9.17) is 0 Å². The molecule has 7 aromatic carbocycles. The molecule has 0 fully saturated rings. The van der Waals surface area contributed by atoms with Gasteiger partial charge < -0.3 is 0 Å². The Morgan fingerprint density at radius 2 is 1.09 bits per heavy atom. The average Bonchev–Trinajstić information content (AvgIpc) is 3.08. The minimum Gasteiger partial charge on any atom is -0.117 e. The van der Waals surface area contributed by atoms with Gasteiger partial charge in [0.2, 0.25) is 0 Å². The smallest absolute Gasteiger partial charge is 0.0391 e. The molecule has 7 aromatic rings. The first-order chi connectivity index (χ1) is 21.3. The molecule has 1 heterocycles. The fraction of sp³-hybridized carbons (Fsp3) is 0.0476. The minimum absolute atomic E-state index is 0.502. The molecule has 2 aliphatic rings. The van der Waals surface area contributed by atoms with Crippen LogP contribution in [0.15, 0.2) is 150 Å². The highest BCUT2D eigenvalue weighted by Crippen LogP contribution is 2.54. The van der Waals surface area contributed by atoms with Crippen molar-refractivity contribution in [1.82, 2.24) is 0 Å². The lowest BCUT2D eigenvalue weighted by Crippen LogP contribution is -2.07. The van der Waals surface area contributed by atoms with Gasteiger partial charge in [-0.05, 0) is 95.7 Å². The number of benzene rings is 7. The maximum absolute atomic E-state index is 2.44. The molecule has 0 saturated carbocycles. The van der Waals surface area contributed by atoms with E-state index in [2.05, 4.69) is 152 Å². The first-order valence-electron chi connectivity index (χ1n) is 15.0. The van der Waals surface area contributed by atoms with Gasteiger partial charge in [-0.2, -0.15) is 0 Å². The van der Waals surface area contributed by atoms with Crippen molar-refractivity contribution in [2.24, 2.45) is 0 Å². The molecule has 0 nitrogen and oxygen atoms in total. The van der Waals surface area contributed by atoms with Crippen LogP contribution in [0.4, 0.5) is 0 Å². The molecule has 0 aromatic heterocycles. The molecule has 1 heteroatoms. The highest BCUT2D eigenvalue weighted by molar-refractivity contribution is 7.99. The first kappa shape index (κ1) is 24.7. The van der Waals surface area contributed by atoms with Crippen LogP contribution < -0.4 is 0 Å². The van der Waals surface area contributed by atoms with E-state index in [9.17, 15) is 0 Å². The Labute approximate surface area is 256 Å². The van der Waals surface area contributed by atoms with Crippen molar-refractivity contribution >= 4 is 39.4 Å². The van der Waals surface area contributed by atoms with Gasteiger partial charge in [0.15, 0.2) is 0 Å². The van der Waals surface area contributed by atoms with E-state index in [0.29, 0.717) is 5.25 Å². The van der Waals surface area contributed by atoms with Crippen LogP contribution in [0.25, 0.3) is 72.1 Å². The molecular formula is C42H28S. The van der Waals surface area contributed by atoms with E-state index in [1.54, 1.807) is 0 Å². The van der Waals surface area contributed by atoms with Crippen molar-refractivity contribution in [3.63, 3.8) is 0 Å². The summed E-state index contributed by atoms with van der Waals surface area (Å²) in [5.41, 5.74) is 13.3. The van der Waals surface area contributed by atoms with Crippen LogP contribution in [0.2, 0.25) is 0 Å². The Morgan fingerprint density at radius 1 is 0.465 bits per heavy atom. The van der Waals surface area contributed by atoms with Gasteiger partial charge in [-0.1, -0.05) is 140 Å². The number of rotatable bonds is 3. The zero-order valence-corrected chi connectivity index (χ0v) is 24.4.